The molecule has 2 aromatic carbocycles. The summed E-state index contributed by atoms with van der Waals surface area (Å²) in [7, 11) is 0. The maximum absolute atomic E-state index is 13.3. The highest BCUT2D eigenvalue weighted by atomic mass is 16.3. The predicted molar refractivity (Wildman–Crippen MR) is 114 cm³/mol. The molecule has 1 aromatic heterocycles. The maximum atomic E-state index is 13.3. The predicted octanol–water partition coefficient (Wildman–Crippen LogP) is 2.38. The zero-order valence-electron chi connectivity index (χ0n) is 16.8. The van der Waals surface area contributed by atoms with Crippen LogP contribution in [0.1, 0.15) is 24.8 Å². The molecule has 3 aromatic rings. The van der Waals surface area contributed by atoms with Crippen molar-refractivity contribution in [3.63, 3.8) is 0 Å². The normalized spacial score (nSPS) is 25.2. The number of benzene rings is 2. The second-order valence-corrected chi connectivity index (χ2v) is 8.63. The van der Waals surface area contributed by atoms with Crippen molar-refractivity contribution in [2.45, 2.75) is 44.3 Å². The lowest BCUT2D eigenvalue weighted by atomic mass is 9.70. The van der Waals surface area contributed by atoms with E-state index >= 15 is 0 Å². The summed E-state index contributed by atoms with van der Waals surface area (Å²) < 4.78 is 1.40. The van der Waals surface area contributed by atoms with Crippen LogP contribution in [0.25, 0.3) is 10.9 Å². The Morgan fingerprint density at radius 1 is 1.10 bits per heavy atom. The van der Waals surface area contributed by atoms with E-state index in [2.05, 4.69) is 17.1 Å². The molecule has 0 aliphatic carbocycles. The highest BCUT2D eigenvalue weighted by Gasteiger charge is 2.56. The second-order valence-electron chi connectivity index (χ2n) is 8.63. The number of para-hydroxylation sites is 1. The van der Waals surface area contributed by atoms with Crippen LogP contribution >= 0.6 is 0 Å². The topological polar surface area (TPSA) is 75.4 Å². The Kier molecular flexibility index (Phi) is 4.66. The van der Waals surface area contributed by atoms with Gasteiger partial charge in [0.15, 0.2) is 0 Å². The van der Waals surface area contributed by atoms with Crippen LogP contribution in [-0.4, -0.2) is 44.2 Å². The van der Waals surface area contributed by atoms with Gasteiger partial charge in [0.05, 0.1) is 23.8 Å². The first-order chi connectivity index (χ1) is 14.6. The van der Waals surface area contributed by atoms with Gasteiger partial charge in [-0.1, -0.05) is 42.5 Å². The van der Waals surface area contributed by atoms with Crippen LogP contribution in [0.5, 0.6) is 0 Å². The van der Waals surface area contributed by atoms with E-state index in [1.54, 1.807) is 18.2 Å². The molecule has 5 rings (SSSR count). The zero-order chi connectivity index (χ0) is 20.7. The summed E-state index contributed by atoms with van der Waals surface area (Å²) in [5.74, 6) is -0.0648. The molecule has 3 heterocycles. The third-order valence-corrected chi connectivity index (χ3v) is 6.89. The van der Waals surface area contributed by atoms with Crippen molar-refractivity contribution in [1.29, 1.82) is 0 Å². The van der Waals surface area contributed by atoms with Crippen LogP contribution in [0, 0.1) is 5.41 Å². The number of aromatic nitrogens is 2. The van der Waals surface area contributed by atoms with E-state index in [0.29, 0.717) is 10.9 Å². The Labute approximate surface area is 174 Å². The van der Waals surface area contributed by atoms with Crippen LogP contribution in [-0.2, 0) is 17.8 Å². The molecule has 2 aliphatic rings. The Bertz CT molecular complexity index is 1140. The first kappa shape index (κ1) is 19.0. The van der Waals surface area contributed by atoms with Crippen molar-refractivity contribution < 1.29 is 9.90 Å². The number of hydrogen-bond donors (Lipinski definition) is 1. The minimum atomic E-state index is -0.313. The average Bonchev–Trinajstić information content (AvgIpc) is 3.33. The standard InChI is InChI=1S/C24H25N3O3/c28-15-24(12-17-6-2-1-3-7-17)13-18-10-11-21(24)27(18)22(29)14-26-16-25-20-9-5-4-8-19(20)23(26)30/h1-9,16,18,21,28H,10-15H2/t18-,21+,24-/m1/s1. The number of fused-ring (bicyclic) bond motifs is 3. The molecule has 1 amide bonds. The Morgan fingerprint density at radius 3 is 2.67 bits per heavy atom. The van der Waals surface area contributed by atoms with Gasteiger partial charge < -0.3 is 10.0 Å². The van der Waals surface area contributed by atoms with E-state index in [0.717, 1.165) is 25.7 Å². The number of carbonyl (C=O) groups is 1. The summed E-state index contributed by atoms with van der Waals surface area (Å²) in [6.07, 6.45) is 4.88. The van der Waals surface area contributed by atoms with Crippen molar-refractivity contribution in [2.24, 2.45) is 5.41 Å². The molecule has 3 atom stereocenters. The molecule has 2 fully saturated rings. The third kappa shape index (κ3) is 3.03. The summed E-state index contributed by atoms with van der Waals surface area (Å²) in [5.41, 5.74) is 1.31. The zero-order valence-corrected chi connectivity index (χ0v) is 16.8. The van der Waals surface area contributed by atoms with Gasteiger partial charge >= 0.3 is 0 Å². The quantitative estimate of drug-likeness (QED) is 0.710. The molecular weight excluding hydrogens is 378 g/mol. The molecule has 2 saturated heterocycles. The summed E-state index contributed by atoms with van der Waals surface area (Å²) in [6, 6.07) is 17.5. The minimum Gasteiger partial charge on any atom is -0.396 e. The van der Waals surface area contributed by atoms with Gasteiger partial charge in [0.25, 0.3) is 5.56 Å². The van der Waals surface area contributed by atoms with Crippen LogP contribution in [0.3, 0.4) is 0 Å². The fraction of sp³-hybridized carbons (Fsp3) is 0.375. The van der Waals surface area contributed by atoms with Crippen LogP contribution in [0.15, 0.2) is 65.7 Å². The monoisotopic (exact) mass is 403 g/mol. The number of nitrogens with zero attached hydrogens (tertiary/aromatic N) is 3. The van der Waals surface area contributed by atoms with E-state index in [1.165, 1.54) is 16.5 Å². The molecule has 6 heteroatoms. The van der Waals surface area contributed by atoms with Gasteiger partial charge in [-0.3, -0.25) is 14.2 Å². The smallest absolute Gasteiger partial charge is 0.261 e. The largest absolute Gasteiger partial charge is 0.396 e. The molecule has 0 unspecified atom stereocenters. The molecule has 0 radical (unpaired) electrons. The molecule has 2 aliphatic heterocycles. The summed E-state index contributed by atoms with van der Waals surface area (Å²) in [4.78, 5) is 32.3. The molecule has 0 spiro atoms. The molecule has 30 heavy (non-hydrogen) atoms. The number of rotatable bonds is 5. The Morgan fingerprint density at radius 2 is 1.87 bits per heavy atom. The van der Waals surface area contributed by atoms with Crippen molar-refractivity contribution in [1.82, 2.24) is 14.5 Å². The van der Waals surface area contributed by atoms with E-state index in [1.807, 2.05) is 29.2 Å². The van der Waals surface area contributed by atoms with E-state index in [-0.39, 0.29) is 42.1 Å². The third-order valence-electron chi connectivity index (χ3n) is 6.89. The van der Waals surface area contributed by atoms with Gasteiger partial charge in [-0.2, -0.15) is 0 Å². The van der Waals surface area contributed by atoms with Gasteiger partial charge in [-0.15, -0.1) is 0 Å². The summed E-state index contributed by atoms with van der Waals surface area (Å²) in [5, 5.41) is 10.9. The van der Waals surface area contributed by atoms with Gasteiger partial charge in [0, 0.05) is 17.5 Å². The van der Waals surface area contributed by atoms with E-state index in [4.69, 9.17) is 0 Å². The van der Waals surface area contributed by atoms with Crippen molar-refractivity contribution in [3.05, 3.63) is 76.8 Å². The SMILES string of the molecule is O=C(Cn1cnc2ccccc2c1=O)N1[C@@H]2CC[C@H]1[C@](CO)(Cc1ccccc1)C2. The van der Waals surface area contributed by atoms with Crippen LogP contribution in [0.2, 0.25) is 0 Å². The van der Waals surface area contributed by atoms with Gasteiger partial charge in [-0.05, 0) is 43.4 Å². The number of amides is 1. The molecule has 154 valence electrons. The molecular formula is C24H25N3O3. The van der Waals surface area contributed by atoms with Crippen LogP contribution < -0.4 is 5.56 Å². The highest BCUT2D eigenvalue weighted by Crippen LogP contribution is 2.51. The van der Waals surface area contributed by atoms with E-state index in [9.17, 15) is 14.7 Å². The second kappa shape index (κ2) is 7.36. The number of carbonyl (C=O) groups excluding carboxylic acids is 1. The number of hydrogen-bond acceptors (Lipinski definition) is 4. The first-order valence-electron chi connectivity index (χ1n) is 10.5. The average molecular weight is 403 g/mol. The van der Waals surface area contributed by atoms with Crippen LogP contribution in [0.4, 0.5) is 0 Å². The van der Waals surface area contributed by atoms with Crippen molar-refractivity contribution >= 4 is 16.8 Å². The maximum Gasteiger partial charge on any atom is 0.261 e. The first-order valence-corrected chi connectivity index (χ1v) is 10.5. The van der Waals surface area contributed by atoms with Gasteiger partial charge in [0.2, 0.25) is 5.91 Å². The van der Waals surface area contributed by atoms with Gasteiger partial charge in [-0.25, -0.2) is 4.98 Å². The lowest BCUT2D eigenvalue weighted by Gasteiger charge is -2.36. The fourth-order valence-corrected chi connectivity index (χ4v) is 5.53. The highest BCUT2D eigenvalue weighted by molar-refractivity contribution is 5.79. The molecule has 6 nitrogen and oxygen atoms in total. The fourth-order valence-electron chi connectivity index (χ4n) is 5.53. The molecule has 0 saturated carbocycles. The molecule has 1 N–H and O–H groups in total. The van der Waals surface area contributed by atoms with Crippen molar-refractivity contribution in [2.75, 3.05) is 6.61 Å². The summed E-state index contributed by atoms with van der Waals surface area (Å²) >= 11 is 0. The molecule has 2 bridgehead atoms. The van der Waals surface area contributed by atoms with Crippen molar-refractivity contribution in [3.8, 4) is 0 Å². The minimum absolute atomic E-state index is 0.00400. The van der Waals surface area contributed by atoms with E-state index < -0.39 is 0 Å². The lowest BCUT2D eigenvalue weighted by Crippen LogP contribution is -2.45. The Hall–Kier alpha value is -2.99. The Balaban J connectivity index is 1.40. The van der Waals surface area contributed by atoms with Gasteiger partial charge in [0.1, 0.15) is 6.54 Å². The lowest BCUT2D eigenvalue weighted by molar-refractivity contribution is -0.134. The number of aliphatic hydroxyl groups excluding tert-OH is 1. The number of aliphatic hydroxyl groups is 1. The summed E-state index contributed by atoms with van der Waals surface area (Å²) in [6.45, 7) is 0.0425.